The Morgan fingerprint density at radius 1 is 1.35 bits per heavy atom. The number of aromatic nitrogens is 2. The fraction of sp³-hybridized carbons (Fsp3) is 0.263. The molecule has 0 saturated heterocycles. The van der Waals surface area contributed by atoms with E-state index in [0.29, 0.717) is 17.1 Å². The van der Waals surface area contributed by atoms with Gasteiger partial charge in [0, 0.05) is 29.2 Å². The first-order chi connectivity index (χ1) is 12.5. The van der Waals surface area contributed by atoms with Crippen molar-refractivity contribution < 1.29 is 4.79 Å². The molecule has 0 aliphatic rings. The van der Waals surface area contributed by atoms with Crippen molar-refractivity contribution in [1.29, 1.82) is 0 Å². The van der Waals surface area contributed by atoms with E-state index in [2.05, 4.69) is 21.8 Å². The number of hydrogen-bond acceptors (Lipinski definition) is 4. The maximum absolute atomic E-state index is 11.8. The van der Waals surface area contributed by atoms with Gasteiger partial charge in [0.25, 0.3) is 5.91 Å². The van der Waals surface area contributed by atoms with E-state index < -0.39 is 5.91 Å². The van der Waals surface area contributed by atoms with Crippen LogP contribution in [0.5, 0.6) is 0 Å². The highest BCUT2D eigenvalue weighted by Crippen LogP contribution is 2.30. The van der Waals surface area contributed by atoms with Gasteiger partial charge in [-0.05, 0) is 37.1 Å². The van der Waals surface area contributed by atoms with Crippen LogP contribution in [-0.2, 0) is 6.54 Å². The van der Waals surface area contributed by atoms with Crippen molar-refractivity contribution in [2.24, 2.45) is 5.73 Å². The van der Waals surface area contributed by atoms with Gasteiger partial charge in [0.1, 0.15) is 0 Å². The normalized spacial score (nSPS) is 10.9. The number of benzene rings is 1. The third-order valence-electron chi connectivity index (χ3n) is 4.18. The summed E-state index contributed by atoms with van der Waals surface area (Å²) in [6.45, 7) is 5.51. The lowest BCUT2D eigenvalue weighted by molar-refractivity contribution is 0.0999. The molecular weight excluding hydrogens is 368 g/mol. The van der Waals surface area contributed by atoms with Crippen molar-refractivity contribution in [3.05, 3.63) is 57.6 Å². The number of anilines is 1. The third kappa shape index (κ3) is 3.92. The van der Waals surface area contributed by atoms with Crippen LogP contribution in [0.25, 0.3) is 11.4 Å². The van der Waals surface area contributed by atoms with Crippen LogP contribution in [0.1, 0.15) is 35.0 Å². The largest absolute Gasteiger partial charge is 0.366 e. The summed E-state index contributed by atoms with van der Waals surface area (Å²) in [4.78, 5) is 16.5. The molecule has 0 radical (unpaired) electrons. The number of nitrogens with one attached hydrogen (secondary N) is 1. The van der Waals surface area contributed by atoms with E-state index in [1.807, 2.05) is 42.6 Å². The molecule has 0 atom stereocenters. The quantitative estimate of drug-likeness (QED) is 0.623. The van der Waals surface area contributed by atoms with Crippen molar-refractivity contribution in [2.45, 2.75) is 26.8 Å². The van der Waals surface area contributed by atoms with E-state index in [9.17, 15) is 4.79 Å². The summed E-state index contributed by atoms with van der Waals surface area (Å²) in [5.74, 6) is -0.432. The zero-order valence-corrected chi connectivity index (χ0v) is 16.3. The summed E-state index contributed by atoms with van der Waals surface area (Å²) in [5.41, 5.74) is 9.71. The standard InChI is InChI=1S/C19H21ClN4OS/c1-3-8-22-19-23-16(11-26-19)17-9-15(18(21)25)12(2)24(17)10-13-4-6-14(20)7-5-13/h4-7,9,11H,3,8,10H2,1-2H3,(H2,21,25)(H,22,23). The summed E-state index contributed by atoms with van der Waals surface area (Å²) in [6.07, 6.45) is 1.03. The monoisotopic (exact) mass is 388 g/mol. The second kappa shape index (κ2) is 7.93. The molecule has 1 aromatic carbocycles. The van der Waals surface area contributed by atoms with E-state index in [1.54, 1.807) is 11.3 Å². The minimum absolute atomic E-state index is 0.432. The average Bonchev–Trinajstić information content (AvgIpc) is 3.20. The van der Waals surface area contributed by atoms with Gasteiger partial charge in [-0.25, -0.2) is 4.98 Å². The average molecular weight is 389 g/mol. The fourth-order valence-corrected chi connectivity index (χ4v) is 3.65. The molecule has 1 amide bonds. The first-order valence-corrected chi connectivity index (χ1v) is 9.69. The van der Waals surface area contributed by atoms with Crippen LogP contribution in [0.2, 0.25) is 5.02 Å². The minimum Gasteiger partial charge on any atom is -0.366 e. The van der Waals surface area contributed by atoms with Crippen molar-refractivity contribution in [1.82, 2.24) is 9.55 Å². The predicted octanol–water partition coefficient (Wildman–Crippen LogP) is 4.54. The van der Waals surface area contributed by atoms with E-state index in [1.165, 1.54) is 0 Å². The highest BCUT2D eigenvalue weighted by atomic mass is 35.5. The van der Waals surface area contributed by atoms with Gasteiger partial charge in [-0.1, -0.05) is 30.7 Å². The van der Waals surface area contributed by atoms with E-state index >= 15 is 0 Å². The Labute approximate surface area is 161 Å². The molecule has 5 nitrogen and oxygen atoms in total. The van der Waals surface area contributed by atoms with Crippen molar-refractivity contribution in [2.75, 3.05) is 11.9 Å². The molecule has 0 aliphatic heterocycles. The number of nitrogens with two attached hydrogens (primary N) is 1. The van der Waals surface area contributed by atoms with Gasteiger partial charge in [-0.15, -0.1) is 11.3 Å². The molecule has 2 heterocycles. The summed E-state index contributed by atoms with van der Waals surface area (Å²) in [7, 11) is 0. The summed E-state index contributed by atoms with van der Waals surface area (Å²) >= 11 is 7.54. The first-order valence-electron chi connectivity index (χ1n) is 8.43. The minimum atomic E-state index is -0.432. The van der Waals surface area contributed by atoms with Gasteiger partial charge in [0.05, 0.1) is 17.0 Å². The molecule has 136 valence electrons. The zero-order chi connectivity index (χ0) is 18.7. The SMILES string of the molecule is CCCNc1nc(-c2cc(C(N)=O)c(C)n2Cc2ccc(Cl)cc2)cs1. The smallest absolute Gasteiger partial charge is 0.250 e. The molecule has 0 spiro atoms. The Morgan fingerprint density at radius 2 is 2.08 bits per heavy atom. The number of primary amides is 1. The molecule has 0 fully saturated rings. The van der Waals surface area contributed by atoms with Crippen LogP contribution in [0.15, 0.2) is 35.7 Å². The zero-order valence-electron chi connectivity index (χ0n) is 14.8. The van der Waals surface area contributed by atoms with Crippen LogP contribution < -0.4 is 11.1 Å². The lowest BCUT2D eigenvalue weighted by Gasteiger charge is -2.11. The van der Waals surface area contributed by atoms with Gasteiger partial charge in [-0.3, -0.25) is 4.79 Å². The number of rotatable bonds is 7. The Hall–Kier alpha value is -2.31. The van der Waals surface area contributed by atoms with Crippen LogP contribution >= 0.6 is 22.9 Å². The first kappa shape index (κ1) is 18.5. The molecule has 0 bridgehead atoms. The molecule has 3 N–H and O–H groups in total. The summed E-state index contributed by atoms with van der Waals surface area (Å²) < 4.78 is 2.07. The van der Waals surface area contributed by atoms with Crippen LogP contribution in [0.3, 0.4) is 0 Å². The lowest BCUT2D eigenvalue weighted by atomic mass is 10.2. The van der Waals surface area contributed by atoms with E-state index in [-0.39, 0.29) is 0 Å². The maximum Gasteiger partial charge on any atom is 0.250 e. The topological polar surface area (TPSA) is 72.9 Å². The molecule has 0 saturated carbocycles. The maximum atomic E-state index is 11.8. The number of hydrogen-bond donors (Lipinski definition) is 2. The van der Waals surface area contributed by atoms with E-state index in [4.69, 9.17) is 17.3 Å². The molecule has 26 heavy (non-hydrogen) atoms. The lowest BCUT2D eigenvalue weighted by Crippen LogP contribution is -2.12. The highest BCUT2D eigenvalue weighted by Gasteiger charge is 2.18. The Balaban J connectivity index is 2.00. The van der Waals surface area contributed by atoms with Crippen LogP contribution in [0, 0.1) is 6.92 Å². The van der Waals surface area contributed by atoms with Crippen molar-refractivity contribution in [3.63, 3.8) is 0 Å². The second-order valence-corrected chi connectivity index (χ2v) is 7.36. The fourth-order valence-electron chi connectivity index (χ4n) is 2.79. The highest BCUT2D eigenvalue weighted by molar-refractivity contribution is 7.14. The number of thiazole rings is 1. The Morgan fingerprint density at radius 3 is 2.73 bits per heavy atom. The number of amides is 1. The molecule has 2 aromatic heterocycles. The summed E-state index contributed by atoms with van der Waals surface area (Å²) in [5, 5.41) is 6.86. The Bertz CT molecular complexity index is 914. The molecule has 3 rings (SSSR count). The van der Waals surface area contributed by atoms with Crippen molar-refractivity contribution in [3.8, 4) is 11.4 Å². The van der Waals surface area contributed by atoms with Crippen LogP contribution in [-0.4, -0.2) is 22.0 Å². The number of halogens is 1. The van der Waals surface area contributed by atoms with Gasteiger partial charge in [0.15, 0.2) is 5.13 Å². The van der Waals surface area contributed by atoms with Crippen molar-refractivity contribution >= 4 is 34.0 Å². The molecule has 0 aliphatic carbocycles. The van der Waals surface area contributed by atoms with Gasteiger partial charge < -0.3 is 15.6 Å². The number of carbonyl (C=O) groups excluding carboxylic acids is 1. The Kier molecular flexibility index (Phi) is 5.64. The van der Waals surface area contributed by atoms with Gasteiger partial charge >= 0.3 is 0 Å². The number of carbonyl (C=O) groups is 1. The summed E-state index contributed by atoms with van der Waals surface area (Å²) in [6, 6.07) is 9.50. The molecular formula is C19H21ClN4OS. The second-order valence-electron chi connectivity index (χ2n) is 6.07. The third-order valence-corrected chi connectivity index (χ3v) is 5.23. The molecule has 3 aromatic rings. The molecule has 0 unspecified atom stereocenters. The predicted molar refractivity (Wildman–Crippen MR) is 108 cm³/mol. The van der Waals surface area contributed by atoms with E-state index in [0.717, 1.165) is 40.7 Å². The molecule has 7 heteroatoms. The number of nitrogens with zero attached hydrogens (tertiary/aromatic N) is 2. The van der Waals surface area contributed by atoms with Crippen LogP contribution in [0.4, 0.5) is 5.13 Å². The van der Waals surface area contributed by atoms with Gasteiger partial charge in [-0.2, -0.15) is 0 Å². The van der Waals surface area contributed by atoms with Gasteiger partial charge in [0.2, 0.25) is 0 Å².